The highest BCUT2D eigenvalue weighted by Gasteiger charge is 2.41. The van der Waals surface area contributed by atoms with Crippen LogP contribution in [-0.2, 0) is 35.3 Å². The Morgan fingerprint density at radius 3 is 2.04 bits per heavy atom. The minimum Gasteiger partial charge on any atom is -0.357 e. The van der Waals surface area contributed by atoms with Crippen molar-refractivity contribution in [1.29, 1.82) is 0 Å². The van der Waals surface area contributed by atoms with E-state index in [2.05, 4.69) is 73.0 Å². The third-order valence-electron chi connectivity index (χ3n) is 11.8. The average molecular weight is 751 g/mol. The molecule has 16 nitrogen and oxygen atoms in total. The molecule has 2 aliphatic carbocycles. The molecular weight excluding hydrogens is 697 g/mol. The lowest BCUT2D eigenvalue weighted by atomic mass is 9.97. The van der Waals surface area contributed by atoms with E-state index in [1.54, 1.807) is 26.0 Å². The number of aromatic amines is 2. The number of carbonyl (C=O) groups excluding carboxylic acids is 2. The maximum absolute atomic E-state index is 13.3. The van der Waals surface area contributed by atoms with Crippen LogP contribution in [0.15, 0.2) is 12.1 Å². The van der Waals surface area contributed by atoms with Crippen molar-refractivity contribution in [3.05, 3.63) is 46.0 Å². The lowest BCUT2D eigenvalue weighted by Crippen LogP contribution is -2.46. The van der Waals surface area contributed by atoms with Crippen molar-refractivity contribution in [3.8, 4) is 0 Å². The number of hydrogen-bond acceptors (Lipinski definition) is 12. The van der Waals surface area contributed by atoms with Crippen molar-refractivity contribution in [2.24, 2.45) is 0 Å². The predicted molar refractivity (Wildman–Crippen MR) is 211 cm³/mol. The summed E-state index contributed by atoms with van der Waals surface area (Å²) in [5, 5.41) is 25.5. The first kappa shape index (κ1) is 36.7. The van der Waals surface area contributed by atoms with E-state index in [1.165, 1.54) is 0 Å². The SMILES string of the molecule is CNC(=O)C1CCC(CC(C)c2cc(Nc3nc(N4CCCC4C(=O)N(C)C)nc4c3CCC4)n[nH]2)N1c1nc2c(c(Nc3cc(C(C)C)[nH]n3)n1)CCC2. The van der Waals surface area contributed by atoms with Gasteiger partial charge in [-0.3, -0.25) is 19.8 Å². The molecule has 8 rings (SSSR count). The van der Waals surface area contributed by atoms with Crippen LogP contribution >= 0.6 is 0 Å². The highest BCUT2D eigenvalue weighted by Crippen LogP contribution is 2.39. The summed E-state index contributed by atoms with van der Waals surface area (Å²) in [7, 11) is 5.30. The molecule has 5 N–H and O–H groups in total. The van der Waals surface area contributed by atoms with E-state index in [9.17, 15) is 9.59 Å². The number of aromatic nitrogens is 8. The van der Waals surface area contributed by atoms with Crippen molar-refractivity contribution in [1.82, 2.24) is 50.5 Å². The van der Waals surface area contributed by atoms with Gasteiger partial charge in [0.2, 0.25) is 23.7 Å². The molecule has 0 saturated carbocycles. The van der Waals surface area contributed by atoms with Gasteiger partial charge in [0, 0.05) is 68.4 Å². The molecule has 292 valence electrons. The number of nitrogens with one attached hydrogen (secondary N) is 5. The molecule has 4 atom stereocenters. The average Bonchev–Trinajstić information content (AvgIpc) is 4.02. The van der Waals surface area contributed by atoms with E-state index in [0.717, 1.165) is 122 Å². The Kier molecular flexibility index (Phi) is 10.1. The van der Waals surface area contributed by atoms with Crippen LogP contribution in [-0.4, -0.2) is 103 Å². The minimum absolute atomic E-state index is 0.0289. The van der Waals surface area contributed by atoms with Gasteiger partial charge in [-0.2, -0.15) is 20.2 Å². The van der Waals surface area contributed by atoms with Crippen molar-refractivity contribution >= 4 is 47.0 Å². The van der Waals surface area contributed by atoms with E-state index in [4.69, 9.17) is 19.9 Å². The quantitative estimate of drug-likeness (QED) is 0.135. The summed E-state index contributed by atoms with van der Waals surface area (Å²) < 4.78 is 0. The Balaban J connectivity index is 1.02. The number of anilines is 6. The van der Waals surface area contributed by atoms with E-state index in [0.29, 0.717) is 30.1 Å². The first-order valence-electron chi connectivity index (χ1n) is 20.0. The van der Waals surface area contributed by atoms with E-state index >= 15 is 0 Å². The summed E-state index contributed by atoms with van der Waals surface area (Å²) in [5.74, 6) is 4.60. The van der Waals surface area contributed by atoms with E-state index < -0.39 is 0 Å². The zero-order valence-corrected chi connectivity index (χ0v) is 32.9. The number of rotatable bonds is 12. The van der Waals surface area contributed by atoms with Gasteiger partial charge in [0.15, 0.2) is 11.6 Å². The second kappa shape index (κ2) is 15.1. The molecule has 6 heterocycles. The molecular formula is C39H54N14O2. The van der Waals surface area contributed by atoms with Gasteiger partial charge in [0.05, 0.1) is 11.4 Å². The molecule has 4 unspecified atom stereocenters. The monoisotopic (exact) mass is 750 g/mol. The van der Waals surface area contributed by atoms with Gasteiger partial charge >= 0.3 is 0 Å². The van der Waals surface area contributed by atoms with E-state index in [-0.39, 0.29) is 35.9 Å². The Morgan fingerprint density at radius 2 is 1.42 bits per heavy atom. The van der Waals surface area contributed by atoms with Crippen LogP contribution in [0.1, 0.15) is 111 Å². The lowest BCUT2D eigenvalue weighted by molar-refractivity contribution is -0.129. The van der Waals surface area contributed by atoms with Crippen LogP contribution < -0.4 is 25.8 Å². The minimum atomic E-state index is -0.372. The van der Waals surface area contributed by atoms with Crippen molar-refractivity contribution in [3.63, 3.8) is 0 Å². The number of nitrogens with zero attached hydrogens (tertiary/aromatic N) is 9. The first-order chi connectivity index (χ1) is 26.6. The smallest absolute Gasteiger partial charge is 0.244 e. The fourth-order valence-corrected chi connectivity index (χ4v) is 8.82. The second-order valence-electron chi connectivity index (χ2n) is 16.1. The zero-order valence-electron chi connectivity index (χ0n) is 32.9. The summed E-state index contributed by atoms with van der Waals surface area (Å²) >= 11 is 0. The standard InChI is InChI=1S/C39H54N14O2/c1-21(2)28-19-32(49-47-28)43-35-25-11-8-13-27(25)42-39(46-35)53-23(15-16-30(53)36(54)40-4)18-22(3)29-20-33(50-48-29)44-34-24-10-7-12-26(24)41-38(45-34)52-17-9-14-31(52)37(55)51(5)6/h19-23,30-31H,7-18H2,1-6H3,(H,40,54)(H2,41,44,45,48,50)(H2,42,43,46,47,49). The van der Waals surface area contributed by atoms with Crippen molar-refractivity contribution < 1.29 is 9.59 Å². The molecule has 4 aliphatic rings. The van der Waals surface area contributed by atoms with Crippen molar-refractivity contribution in [2.75, 3.05) is 48.1 Å². The van der Waals surface area contributed by atoms with Gasteiger partial charge < -0.3 is 30.7 Å². The fourth-order valence-electron chi connectivity index (χ4n) is 8.82. The zero-order chi connectivity index (χ0) is 38.4. The second-order valence-corrected chi connectivity index (χ2v) is 16.1. The van der Waals surface area contributed by atoms with Gasteiger partial charge in [0.25, 0.3) is 0 Å². The number of amides is 2. The van der Waals surface area contributed by atoms with E-state index in [1.807, 2.05) is 6.07 Å². The topological polar surface area (TPSA) is 189 Å². The number of aryl methyl sites for hydroxylation is 2. The van der Waals surface area contributed by atoms with Gasteiger partial charge in [-0.25, -0.2) is 9.97 Å². The van der Waals surface area contributed by atoms with Crippen LogP contribution in [0.4, 0.5) is 35.2 Å². The summed E-state index contributed by atoms with van der Waals surface area (Å²) in [6, 6.07) is 3.50. The Hall–Kier alpha value is -5.28. The van der Waals surface area contributed by atoms with Crippen LogP contribution in [0.3, 0.4) is 0 Å². The molecule has 4 aromatic heterocycles. The molecule has 2 fully saturated rings. The third-order valence-corrected chi connectivity index (χ3v) is 11.8. The Labute approximate surface area is 322 Å². The van der Waals surface area contributed by atoms with Gasteiger partial charge in [0.1, 0.15) is 23.7 Å². The van der Waals surface area contributed by atoms with Crippen LogP contribution in [0.5, 0.6) is 0 Å². The summed E-state index contributed by atoms with van der Waals surface area (Å²) in [5.41, 5.74) is 6.37. The molecule has 0 aromatic carbocycles. The molecule has 55 heavy (non-hydrogen) atoms. The number of hydrogen-bond donors (Lipinski definition) is 5. The van der Waals surface area contributed by atoms with Gasteiger partial charge in [-0.1, -0.05) is 20.8 Å². The Morgan fingerprint density at radius 1 is 0.800 bits per heavy atom. The van der Waals surface area contributed by atoms with Gasteiger partial charge in [-0.15, -0.1) is 0 Å². The summed E-state index contributed by atoms with van der Waals surface area (Å²) in [6.45, 7) is 7.21. The molecule has 2 saturated heterocycles. The molecule has 0 spiro atoms. The maximum Gasteiger partial charge on any atom is 0.244 e. The molecule has 0 radical (unpaired) electrons. The van der Waals surface area contributed by atoms with Crippen LogP contribution in [0.2, 0.25) is 0 Å². The fraction of sp³-hybridized carbons (Fsp3) is 0.590. The highest BCUT2D eigenvalue weighted by molar-refractivity contribution is 5.86. The number of fused-ring (bicyclic) bond motifs is 2. The number of H-pyrrole nitrogens is 2. The largest absolute Gasteiger partial charge is 0.357 e. The van der Waals surface area contributed by atoms with Gasteiger partial charge in [-0.05, 0) is 82.5 Å². The molecule has 2 aliphatic heterocycles. The Bertz CT molecular complexity index is 2060. The summed E-state index contributed by atoms with van der Waals surface area (Å²) in [4.78, 5) is 52.4. The number of carbonyl (C=O) groups is 2. The lowest BCUT2D eigenvalue weighted by Gasteiger charge is -2.31. The third kappa shape index (κ3) is 7.18. The predicted octanol–water partition coefficient (Wildman–Crippen LogP) is 4.64. The normalized spacial score (nSPS) is 20.9. The molecule has 2 amide bonds. The molecule has 0 bridgehead atoms. The van der Waals surface area contributed by atoms with Crippen LogP contribution in [0, 0.1) is 0 Å². The first-order valence-corrected chi connectivity index (χ1v) is 20.0. The highest BCUT2D eigenvalue weighted by atomic mass is 16.2. The number of likely N-dealkylation sites (N-methyl/N-ethyl adjacent to an activating group) is 2. The summed E-state index contributed by atoms with van der Waals surface area (Å²) in [6.07, 6.45) is 9.67. The van der Waals surface area contributed by atoms with Crippen LogP contribution in [0.25, 0.3) is 0 Å². The molecule has 4 aromatic rings. The van der Waals surface area contributed by atoms with Crippen molar-refractivity contribution in [2.45, 2.75) is 121 Å². The molecule has 16 heteroatoms. The maximum atomic E-state index is 13.3.